The Hall–Kier alpha value is -4.68. The zero-order chi connectivity index (χ0) is 22.9. The van der Waals surface area contributed by atoms with Crippen molar-refractivity contribution < 1.29 is 9.50 Å². The molecule has 0 saturated carbocycles. The molecule has 0 aliphatic rings. The first-order chi connectivity index (χ1) is 16.1. The van der Waals surface area contributed by atoms with Gasteiger partial charge in [-0.25, -0.2) is 23.9 Å². The fourth-order valence-corrected chi connectivity index (χ4v) is 3.71. The van der Waals surface area contributed by atoms with Crippen LogP contribution in [0.5, 0.6) is 0 Å². The summed E-state index contributed by atoms with van der Waals surface area (Å²) in [4.78, 5) is 12.9. The number of fused-ring (bicyclic) bond motifs is 1. The van der Waals surface area contributed by atoms with Crippen molar-refractivity contribution in [1.29, 1.82) is 5.26 Å². The summed E-state index contributed by atoms with van der Waals surface area (Å²) in [5.74, 6) is -0.414. The number of rotatable bonds is 4. The van der Waals surface area contributed by atoms with Gasteiger partial charge in [-0.15, -0.1) is 0 Å². The van der Waals surface area contributed by atoms with E-state index in [9.17, 15) is 14.8 Å². The maximum Gasteiger partial charge on any atom is 0.150 e. The van der Waals surface area contributed by atoms with Gasteiger partial charge in [-0.2, -0.15) is 10.4 Å². The quantitative estimate of drug-likeness (QED) is 0.440. The van der Waals surface area contributed by atoms with Crippen molar-refractivity contribution in [3.8, 4) is 28.7 Å². The molecule has 0 fully saturated rings. The van der Waals surface area contributed by atoms with Crippen molar-refractivity contribution in [2.24, 2.45) is 0 Å². The van der Waals surface area contributed by atoms with Crippen LogP contribution in [0.15, 0.2) is 73.2 Å². The summed E-state index contributed by atoms with van der Waals surface area (Å²) in [5.41, 5.74) is 9.25. The monoisotopic (exact) mass is 437 g/mol. The van der Waals surface area contributed by atoms with E-state index in [4.69, 9.17) is 5.73 Å². The number of nitrogen functional groups attached to an aromatic ring is 1. The standard InChI is InChI=1S/C24H16FN7O/c25-17-8-4-3-7-16(17)23(33)19-11-20-24(27)30-21(15-6-2-1-5-14(15)12-26)22(32(20)31-19)18-9-10-28-13-29-18/h1-11,13,23,33H,(H2,27,30). The largest absolute Gasteiger partial charge is 0.382 e. The average Bonchev–Trinajstić information content (AvgIpc) is 3.30. The summed E-state index contributed by atoms with van der Waals surface area (Å²) < 4.78 is 15.8. The van der Waals surface area contributed by atoms with Crippen LogP contribution in [0.2, 0.25) is 0 Å². The van der Waals surface area contributed by atoms with Gasteiger partial charge in [0.2, 0.25) is 0 Å². The Bertz CT molecular complexity index is 1530. The zero-order valence-electron chi connectivity index (χ0n) is 17.1. The van der Waals surface area contributed by atoms with Crippen molar-refractivity contribution in [3.05, 3.63) is 95.8 Å². The Morgan fingerprint density at radius 1 is 1.09 bits per heavy atom. The summed E-state index contributed by atoms with van der Waals surface area (Å²) in [6.45, 7) is 0. The van der Waals surface area contributed by atoms with Gasteiger partial charge in [-0.05, 0) is 24.3 Å². The lowest BCUT2D eigenvalue weighted by atomic mass is 10.0. The minimum atomic E-state index is -1.32. The van der Waals surface area contributed by atoms with E-state index in [0.29, 0.717) is 33.7 Å². The lowest BCUT2D eigenvalue weighted by molar-refractivity contribution is 0.209. The van der Waals surface area contributed by atoms with E-state index in [0.717, 1.165) is 0 Å². The van der Waals surface area contributed by atoms with Crippen molar-refractivity contribution in [3.63, 3.8) is 0 Å². The summed E-state index contributed by atoms with van der Waals surface area (Å²) in [6, 6.07) is 18.3. The van der Waals surface area contributed by atoms with Crippen molar-refractivity contribution in [2.75, 3.05) is 5.73 Å². The van der Waals surface area contributed by atoms with Crippen LogP contribution in [-0.4, -0.2) is 29.7 Å². The molecule has 0 spiro atoms. The molecule has 1 atom stereocenters. The predicted molar refractivity (Wildman–Crippen MR) is 119 cm³/mol. The maximum absolute atomic E-state index is 14.3. The Morgan fingerprint density at radius 2 is 1.88 bits per heavy atom. The summed E-state index contributed by atoms with van der Waals surface area (Å²) >= 11 is 0. The first kappa shape index (κ1) is 20.2. The van der Waals surface area contributed by atoms with Gasteiger partial charge in [0.25, 0.3) is 0 Å². The minimum absolute atomic E-state index is 0.0890. The van der Waals surface area contributed by atoms with Crippen molar-refractivity contribution in [2.45, 2.75) is 6.10 Å². The highest BCUT2D eigenvalue weighted by molar-refractivity contribution is 5.84. The second-order valence-corrected chi connectivity index (χ2v) is 7.24. The molecule has 0 saturated heterocycles. The highest BCUT2D eigenvalue weighted by Gasteiger charge is 2.24. The molecular weight excluding hydrogens is 421 g/mol. The number of aliphatic hydroxyl groups excluding tert-OH is 1. The van der Waals surface area contributed by atoms with Gasteiger partial charge in [-0.3, -0.25) is 0 Å². The van der Waals surface area contributed by atoms with Crippen LogP contribution in [0.1, 0.15) is 22.9 Å². The van der Waals surface area contributed by atoms with Crippen LogP contribution in [0.25, 0.3) is 28.2 Å². The van der Waals surface area contributed by atoms with E-state index < -0.39 is 11.9 Å². The first-order valence-corrected chi connectivity index (χ1v) is 9.96. The SMILES string of the molecule is N#Cc1ccccc1-c1nc(N)c2cc(C(O)c3ccccc3F)nn2c1-c1ccncn1. The summed E-state index contributed by atoms with van der Waals surface area (Å²) in [5, 5.41) is 25.0. The third kappa shape index (κ3) is 3.44. The van der Waals surface area contributed by atoms with Crippen LogP contribution < -0.4 is 5.73 Å². The van der Waals surface area contributed by atoms with E-state index in [1.54, 1.807) is 54.7 Å². The highest BCUT2D eigenvalue weighted by Crippen LogP contribution is 2.35. The summed E-state index contributed by atoms with van der Waals surface area (Å²) in [7, 11) is 0. The average molecular weight is 437 g/mol. The fraction of sp³-hybridized carbons (Fsp3) is 0.0417. The van der Waals surface area contributed by atoms with Crippen molar-refractivity contribution >= 4 is 11.3 Å². The van der Waals surface area contributed by atoms with E-state index in [1.165, 1.54) is 23.0 Å². The smallest absolute Gasteiger partial charge is 0.150 e. The number of halogens is 1. The van der Waals surface area contributed by atoms with Crippen LogP contribution in [0.3, 0.4) is 0 Å². The fourth-order valence-electron chi connectivity index (χ4n) is 3.71. The lowest BCUT2D eigenvalue weighted by Gasteiger charge is -2.13. The Labute approximate surface area is 187 Å². The molecule has 9 heteroatoms. The topological polar surface area (TPSA) is 126 Å². The third-order valence-electron chi connectivity index (χ3n) is 5.27. The normalized spacial score (nSPS) is 11.9. The second kappa shape index (κ2) is 8.11. The molecule has 33 heavy (non-hydrogen) atoms. The number of nitrogens with two attached hydrogens (primary N) is 1. The lowest BCUT2D eigenvalue weighted by Crippen LogP contribution is -2.07. The summed E-state index contributed by atoms with van der Waals surface area (Å²) in [6.07, 6.45) is 1.64. The van der Waals surface area contributed by atoms with Gasteiger partial charge < -0.3 is 10.8 Å². The van der Waals surface area contributed by atoms with Gasteiger partial charge in [0, 0.05) is 17.3 Å². The maximum atomic E-state index is 14.3. The van der Waals surface area contributed by atoms with Gasteiger partial charge in [0.1, 0.15) is 41.0 Å². The second-order valence-electron chi connectivity index (χ2n) is 7.24. The van der Waals surface area contributed by atoms with Gasteiger partial charge >= 0.3 is 0 Å². The first-order valence-electron chi connectivity index (χ1n) is 9.96. The molecule has 5 aromatic rings. The molecule has 1 unspecified atom stereocenters. The van der Waals surface area contributed by atoms with Gasteiger partial charge in [0.15, 0.2) is 0 Å². The Balaban J connectivity index is 1.81. The number of aliphatic hydroxyl groups is 1. The molecule has 3 aromatic heterocycles. The minimum Gasteiger partial charge on any atom is -0.382 e. The number of aromatic nitrogens is 5. The Kier molecular flexibility index (Phi) is 4.97. The molecule has 0 aliphatic carbocycles. The van der Waals surface area contributed by atoms with Crippen LogP contribution in [0, 0.1) is 17.1 Å². The molecule has 3 N–H and O–H groups in total. The van der Waals surface area contributed by atoms with Crippen molar-refractivity contribution in [1.82, 2.24) is 24.6 Å². The van der Waals surface area contributed by atoms with Crippen LogP contribution in [-0.2, 0) is 0 Å². The van der Waals surface area contributed by atoms with E-state index in [2.05, 4.69) is 26.1 Å². The molecule has 0 radical (unpaired) electrons. The number of anilines is 1. The van der Waals surface area contributed by atoms with Crippen LogP contribution in [0.4, 0.5) is 10.2 Å². The molecule has 0 aliphatic heterocycles. The molecule has 160 valence electrons. The molecule has 0 amide bonds. The number of hydrogen-bond donors (Lipinski definition) is 2. The molecular formula is C24H16FN7O. The number of nitrogens with zero attached hydrogens (tertiary/aromatic N) is 6. The molecule has 5 rings (SSSR count). The van der Waals surface area contributed by atoms with E-state index >= 15 is 0 Å². The third-order valence-corrected chi connectivity index (χ3v) is 5.27. The van der Waals surface area contributed by atoms with Gasteiger partial charge in [0.05, 0.1) is 23.0 Å². The molecule has 3 heterocycles. The highest BCUT2D eigenvalue weighted by atomic mass is 19.1. The predicted octanol–water partition coefficient (Wildman–Crippen LogP) is 3.53. The number of hydrogen-bond acceptors (Lipinski definition) is 7. The number of nitriles is 1. The van der Waals surface area contributed by atoms with E-state index in [-0.39, 0.29) is 17.1 Å². The van der Waals surface area contributed by atoms with Gasteiger partial charge in [-0.1, -0.05) is 36.4 Å². The number of benzene rings is 2. The van der Waals surface area contributed by atoms with Crippen LogP contribution >= 0.6 is 0 Å². The molecule has 0 bridgehead atoms. The molecule has 2 aromatic carbocycles. The molecule has 8 nitrogen and oxygen atoms in total. The van der Waals surface area contributed by atoms with E-state index in [1.807, 2.05) is 0 Å². The zero-order valence-corrected chi connectivity index (χ0v) is 17.1. The Morgan fingerprint density at radius 3 is 2.64 bits per heavy atom.